The number of thioether (sulfide) groups is 1. The predicted molar refractivity (Wildman–Crippen MR) is 79.3 cm³/mol. The van der Waals surface area contributed by atoms with Crippen molar-refractivity contribution >= 4 is 16.9 Å². The van der Waals surface area contributed by atoms with E-state index < -0.39 is 0 Å². The number of amidine groups is 1. The van der Waals surface area contributed by atoms with Crippen LogP contribution in [0.25, 0.3) is 0 Å². The lowest BCUT2D eigenvalue weighted by molar-refractivity contribution is -0.103. The van der Waals surface area contributed by atoms with Crippen molar-refractivity contribution in [2.24, 2.45) is 10.4 Å². The van der Waals surface area contributed by atoms with E-state index in [1.807, 2.05) is 11.8 Å². The largest absolute Gasteiger partial charge is 0.378 e. The van der Waals surface area contributed by atoms with Gasteiger partial charge in [-0.25, -0.2) is 0 Å². The molecule has 0 spiro atoms. The van der Waals surface area contributed by atoms with Crippen LogP contribution in [0.4, 0.5) is 0 Å². The second-order valence-corrected chi connectivity index (χ2v) is 7.64. The van der Waals surface area contributed by atoms with Crippen LogP contribution in [0.1, 0.15) is 47.5 Å². The van der Waals surface area contributed by atoms with Crippen LogP contribution in [0.3, 0.4) is 0 Å². The number of hydrogen-bond acceptors (Lipinski definition) is 3. The van der Waals surface area contributed by atoms with Gasteiger partial charge in [-0.05, 0) is 33.6 Å². The summed E-state index contributed by atoms with van der Waals surface area (Å²) in [5.74, 6) is 1.17. The number of nitrogens with zero attached hydrogens (tertiary/aromatic N) is 1. The van der Waals surface area contributed by atoms with Gasteiger partial charge < -0.3 is 10.1 Å². The van der Waals surface area contributed by atoms with Crippen molar-refractivity contribution < 1.29 is 4.74 Å². The van der Waals surface area contributed by atoms with Gasteiger partial charge in [0, 0.05) is 23.3 Å². The minimum atomic E-state index is 0.173. The Kier molecular flexibility index (Phi) is 3.98. The normalized spacial score (nSPS) is 35.9. The predicted octanol–water partition coefficient (Wildman–Crippen LogP) is 3.05. The molecule has 0 bridgehead atoms. The maximum atomic E-state index is 5.76. The fourth-order valence-electron chi connectivity index (χ4n) is 2.57. The molecule has 0 radical (unpaired) electrons. The molecule has 0 aromatic heterocycles. The molecule has 0 aromatic carbocycles. The molecule has 2 unspecified atom stereocenters. The summed E-state index contributed by atoms with van der Waals surface area (Å²) < 4.78 is 5.76. The Morgan fingerprint density at radius 3 is 2.67 bits per heavy atom. The van der Waals surface area contributed by atoms with Crippen molar-refractivity contribution in [2.45, 2.75) is 65.1 Å². The standard InChI is InChI=1S/C14H26N2OS/c1-6-17-11-9-10(14(11,4)5)15-12-16-13(2,3)7-8-18-12/h10-11H,6-9H2,1-5H3,(H,15,16). The maximum Gasteiger partial charge on any atom is 0.157 e. The summed E-state index contributed by atoms with van der Waals surface area (Å²) in [7, 11) is 0. The summed E-state index contributed by atoms with van der Waals surface area (Å²) in [6.07, 6.45) is 2.64. The van der Waals surface area contributed by atoms with Crippen LogP contribution in [-0.4, -0.2) is 35.2 Å². The maximum absolute atomic E-state index is 5.76. The number of nitrogens with one attached hydrogen (secondary N) is 1. The highest BCUT2D eigenvalue weighted by atomic mass is 32.2. The summed E-state index contributed by atoms with van der Waals surface area (Å²) in [4.78, 5) is 4.91. The van der Waals surface area contributed by atoms with E-state index in [0.29, 0.717) is 12.1 Å². The highest BCUT2D eigenvalue weighted by Crippen LogP contribution is 2.45. The molecule has 0 amide bonds. The van der Waals surface area contributed by atoms with E-state index in [1.165, 1.54) is 12.2 Å². The van der Waals surface area contributed by atoms with Crippen LogP contribution in [-0.2, 0) is 4.74 Å². The van der Waals surface area contributed by atoms with Crippen LogP contribution in [0.5, 0.6) is 0 Å². The van der Waals surface area contributed by atoms with E-state index in [2.05, 4.69) is 39.9 Å². The van der Waals surface area contributed by atoms with E-state index in [4.69, 9.17) is 9.73 Å². The van der Waals surface area contributed by atoms with E-state index in [-0.39, 0.29) is 11.0 Å². The monoisotopic (exact) mass is 270 g/mol. The van der Waals surface area contributed by atoms with Crippen LogP contribution < -0.4 is 5.32 Å². The first-order valence-corrected chi connectivity index (χ1v) is 7.94. The molecule has 1 aliphatic carbocycles. The van der Waals surface area contributed by atoms with Crippen molar-refractivity contribution in [3.05, 3.63) is 0 Å². The average Bonchev–Trinajstić information content (AvgIpc) is 2.26. The number of hydrogen-bond donors (Lipinski definition) is 1. The van der Waals surface area contributed by atoms with Crippen LogP contribution in [0, 0.1) is 5.41 Å². The number of ether oxygens (including phenoxy) is 1. The second kappa shape index (κ2) is 5.04. The molecular weight excluding hydrogens is 244 g/mol. The lowest BCUT2D eigenvalue weighted by Gasteiger charge is -2.49. The minimum absolute atomic E-state index is 0.173. The zero-order valence-electron chi connectivity index (χ0n) is 12.2. The van der Waals surface area contributed by atoms with Gasteiger partial charge in [0.1, 0.15) is 0 Å². The van der Waals surface area contributed by atoms with Gasteiger partial charge in [-0.3, -0.25) is 4.99 Å². The second-order valence-electron chi connectivity index (χ2n) is 6.56. The summed E-state index contributed by atoms with van der Waals surface area (Å²) in [6.45, 7) is 11.9. The zero-order valence-corrected chi connectivity index (χ0v) is 13.1. The Morgan fingerprint density at radius 2 is 2.11 bits per heavy atom. The molecule has 2 atom stereocenters. The Balaban J connectivity index is 1.98. The van der Waals surface area contributed by atoms with Gasteiger partial charge in [0.2, 0.25) is 0 Å². The SMILES string of the molecule is CCOC1CC(N=C2NC(C)(C)CCS2)C1(C)C. The first-order valence-electron chi connectivity index (χ1n) is 6.95. The fraction of sp³-hybridized carbons (Fsp3) is 0.929. The molecule has 4 heteroatoms. The molecule has 1 heterocycles. The summed E-state index contributed by atoms with van der Waals surface area (Å²) in [5, 5.41) is 4.67. The van der Waals surface area contributed by atoms with Gasteiger partial charge in [-0.1, -0.05) is 25.6 Å². The topological polar surface area (TPSA) is 33.6 Å². The Morgan fingerprint density at radius 1 is 1.39 bits per heavy atom. The van der Waals surface area contributed by atoms with Gasteiger partial charge in [0.15, 0.2) is 5.17 Å². The third-order valence-corrected chi connectivity index (χ3v) is 5.07. The van der Waals surface area contributed by atoms with Crippen molar-refractivity contribution in [1.29, 1.82) is 0 Å². The molecule has 3 nitrogen and oxygen atoms in total. The van der Waals surface area contributed by atoms with Crippen LogP contribution in [0.15, 0.2) is 4.99 Å². The minimum Gasteiger partial charge on any atom is -0.378 e. The molecule has 1 aliphatic heterocycles. The van der Waals surface area contributed by atoms with Crippen LogP contribution >= 0.6 is 11.8 Å². The first-order chi connectivity index (χ1) is 8.35. The average molecular weight is 270 g/mol. The van der Waals surface area contributed by atoms with Crippen LogP contribution in [0.2, 0.25) is 0 Å². The third-order valence-electron chi connectivity index (χ3n) is 4.18. The molecular formula is C14H26N2OS. The molecule has 2 rings (SSSR count). The summed E-state index contributed by atoms with van der Waals surface area (Å²) in [6, 6.07) is 0.401. The molecule has 18 heavy (non-hydrogen) atoms. The van der Waals surface area contributed by atoms with Crippen molar-refractivity contribution in [3.8, 4) is 0 Å². The molecule has 0 aromatic rings. The Bertz CT molecular complexity index is 339. The molecule has 2 fully saturated rings. The molecule has 2 aliphatic rings. The van der Waals surface area contributed by atoms with Gasteiger partial charge >= 0.3 is 0 Å². The van der Waals surface area contributed by atoms with Gasteiger partial charge in [-0.2, -0.15) is 0 Å². The summed E-state index contributed by atoms with van der Waals surface area (Å²) >= 11 is 1.86. The Hall–Kier alpha value is -0.220. The third kappa shape index (κ3) is 2.85. The van der Waals surface area contributed by atoms with Gasteiger partial charge in [0.25, 0.3) is 0 Å². The first kappa shape index (κ1) is 14.2. The Labute approximate surface area is 115 Å². The molecule has 1 N–H and O–H groups in total. The van der Waals surface area contributed by atoms with E-state index >= 15 is 0 Å². The molecule has 104 valence electrons. The quantitative estimate of drug-likeness (QED) is 0.856. The zero-order chi connectivity index (χ0) is 13.4. The molecule has 1 saturated heterocycles. The lowest BCUT2D eigenvalue weighted by Crippen LogP contribution is -2.55. The van der Waals surface area contributed by atoms with E-state index in [1.54, 1.807) is 0 Å². The molecule has 1 saturated carbocycles. The van der Waals surface area contributed by atoms with Gasteiger partial charge in [0.05, 0.1) is 12.1 Å². The number of aliphatic imine (C=N–C) groups is 1. The van der Waals surface area contributed by atoms with Crippen molar-refractivity contribution in [1.82, 2.24) is 5.32 Å². The van der Waals surface area contributed by atoms with Crippen molar-refractivity contribution in [3.63, 3.8) is 0 Å². The van der Waals surface area contributed by atoms with Crippen molar-refractivity contribution in [2.75, 3.05) is 12.4 Å². The van der Waals surface area contributed by atoms with Gasteiger partial charge in [-0.15, -0.1) is 0 Å². The van der Waals surface area contributed by atoms with E-state index in [0.717, 1.165) is 18.2 Å². The summed E-state index contributed by atoms with van der Waals surface area (Å²) in [5.41, 5.74) is 0.365. The highest BCUT2D eigenvalue weighted by molar-refractivity contribution is 8.13. The highest BCUT2D eigenvalue weighted by Gasteiger charge is 2.49. The lowest BCUT2D eigenvalue weighted by atomic mass is 9.65. The van der Waals surface area contributed by atoms with E-state index in [9.17, 15) is 0 Å². The number of rotatable bonds is 3. The smallest absolute Gasteiger partial charge is 0.157 e. The fourth-order valence-corrected chi connectivity index (χ4v) is 3.93.